The summed E-state index contributed by atoms with van der Waals surface area (Å²) >= 11 is 5.82. The van der Waals surface area contributed by atoms with Gasteiger partial charge in [0.1, 0.15) is 0 Å². The van der Waals surface area contributed by atoms with E-state index in [1.165, 1.54) is 0 Å². The summed E-state index contributed by atoms with van der Waals surface area (Å²) in [6, 6.07) is 20.9. The summed E-state index contributed by atoms with van der Waals surface area (Å²) in [7, 11) is 0. The van der Waals surface area contributed by atoms with E-state index in [1.54, 1.807) is 54.7 Å². The van der Waals surface area contributed by atoms with E-state index in [1.807, 2.05) is 31.2 Å². The third kappa shape index (κ3) is 5.28. The molecule has 0 saturated carbocycles. The quantitative estimate of drug-likeness (QED) is 0.490. The summed E-state index contributed by atoms with van der Waals surface area (Å²) in [5, 5.41) is 7.30. The fourth-order valence-electron chi connectivity index (χ4n) is 2.39. The lowest BCUT2D eigenvalue weighted by atomic mass is 10.1. The second-order valence-electron chi connectivity index (χ2n) is 6.15. The molecule has 0 saturated heterocycles. The molecule has 0 atom stereocenters. The molecule has 0 fully saturated rings. The molecule has 2 N–H and O–H groups in total. The minimum absolute atomic E-state index is 0.253. The number of benzene rings is 3. The molecule has 0 spiro atoms. The maximum absolute atomic E-state index is 12.2. The Hall–Kier alpha value is -3.44. The number of hydrogen-bond donors (Lipinski definition) is 2. The molecule has 2 amide bonds. The second kappa shape index (κ2) is 8.97. The highest BCUT2D eigenvalue weighted by Gasteiger charge is 2.08. The van der Waals surface area contributed by atoms with Gasteiger partial charge in [-0.3, -0.25) is 9.59 Å². The normalized spacial score (nSPS) is 10.6. The van der Waals surface area contributed by atoms with E-state index in [-0.39, 0.29) is 11.8 Å². The van der Waals surface area contributed by atoms with E-state index in [0.717, 1.165) is 11.1 Å². The van der Waals surface area contributed by atoms with Crippen LogP contribution in [0.4, 0.5) is 5.69 Å². The Morgan fingerprint density at radius 3 is 2.04 bits per heavy atom. The lowest BCUT2D eigenvalue weighted by molar-refractivity contribution is 0.0954. The van der Waals surface area contributed by atoms with Crippen LogP contribution in [0.25, 0.3) is 0 Å². The topological polar surface area (TPSA) is 70.6 Å². The first kappa shape index (κ1) is 19.3. The van der Waals surface area contributed by atoms with Gasteiger partial charge < -0.3 is 5.32 Å². The first-order chi connectivity index (χ1) is 13.5. The van der Waals surface area contributed by atoms with Gasteiger partial charge >= 0.3 is 0 Å². The molecule has 0 unspecified atom stereocenters. The molecule has 28 heavy (non-hydrogen) atoms. The number of halogens is 1. The maximum Gasteiger partial charge on any atom is 0.271 e. The van der Waals surface area contributed by atoms with Crippen LogP contribution in [0.3, 0.4) is 0 Å². The van der Waals surface area contributed by atoms with Crippen LogP contribution < -0.4 is 10.7 Å². The van der Waals surface area contributed by atoms with Crippen LogP contribution in [0.1, 0.15) is 31.8 Å². The van der Waals surface area contributed by atoms with Crippen LogP contribution in [0, 0.1) is 6.92 Å². The molecular formula is C22H18ClN3O2. The molecule has 0 radical (unpaired) electrons. The Kier molecular flexibility index (Phi) is 6.19. The monoisotopic (exact) mass is 391 g/mol. The highest BCUT2D eigenvalue weighted by atomic mass is 35.5. The van der Waals surface area contributed by atoms with Gasteiger partial charge in [-0.05, 0) is 61.0 Å². The minimum Gasteiger partial charge on any atom is -0.322 e. The number of carbonyl (C=O) groups is 2. The number of rotatable bonds is 5. The van der Waals surface area contributed by atoms with Crippen LogP contribution in [-0.4, -0.2) is 18.0 Å². The smallest absolute Gasteiger partial charge is 0.271 e. The van der Waals surface area contributed by atoms with E-state index in [4.69, 9.17) is 11.6 Å². The van der Waals surface area contributed by atoms with Gasteiger partial charge in [0, 0.05) is 21.8 Å². The van der Waals surface area contributed by atoms with Crippen LogP contribution in [0.5, 0.6) is 0 Å². The number of carbonyl (C=O) groups excluding carboxylic acids is 2. The molecule has 3 aromatic rings. The summed E-state index contributed by atoms with van der Waals surface area (Å²) < 4.78 is 0. The van der Waals surface area contributed by atoms with Crippen molar-refractivity contribution < 1.29 is 9.59 Å². The summed E-state index contributed by atoms with van der Waals surface area (Å²) in [6.07, 6.45) is 1.58. The highest BCUT2D eigenvalue weighted by Crippen LogP contribution is 2.14. The largest absolute Gasteiger partial charge is 0.322 e. The fourth-order valence-corrected chi connectivity index (χ4v) is 2.52. The number of hydrazone groups is 1. The average Bonchev–Trinajstić information content (AvgIpc) is 2.70. The van der Waals surface area contributed by atoms with Gasteiger partial charge in [-0.25, -0.2) is 5.43 Å². The fraction of sp³-hybridized carbons (Fsp3) is 0.0455. The molecule has 3 rings (SSSR count). The predicted octanol–water partition coefficient (Wildman–Crippen LogP) is 4.66. The van der Waals surface area contributed by atoms with Crippen LogP contribution in [0.2, 0.25) is 5.02 Å². The van der Waals surface area contributed by atoms with Crippen molar-refractivity contribution in [2.75, 3.05) is 5.32 Å². The first-order valence-corrected chi connectivity index (χ1v) is 8.96. The number of nitrogens with zero attached hydrogens (tertiary/aromatic N) is 1. The van der Waals surface area contributed by atoms with E-state index in [9.17, 15) is 9.59 Å². The number of nitrogens with one attached hydrogen (secondary N) is 2. The average molecular weight is 392 g/mol. The van der Waals surface area contributed by atoms with Crippen molar-refractivity contribution in [2.45, 2.75) is 6.92 Å². The minimum atomic E-state index is -0.334. The van der Waals surface area contributed by atoms with Crippen LogP contribution in [0.15, 0.2) is 77.9 Å². The molecule has 0 bridgehead atoms. The Labute approximate surface area is 168 Å². The third-order valence-electron chi connectivity index (χ3n) is 3.97. The Morgan fingerprint density at radius 2 is 1.39 bits per heavy atom. The maximum atomic E-state index is 12.2. The van der Waals surface area contributed by atoms with Crippen molar-refractivity contribution >= 4 is 35.3 Å². The molecule has 0 aromatic heterocycles. The highest BCUT2D eigenvalue weighted by molar-refractivity contribution is 6.30. The van der Waals surface area contributed by atoms with Crippen molar-refractivity contribution in [3.63, 3.8) is 0 Å². The molecular weight excluding hydrogens is 374 g/mol. The van der Waals surface area contributed by atoms with Gasteiger partial charge in [0.2, 0.25) is 0 Å². The molecule has 0 aliphatic rings. The summed E-state index contributed by atoms with van der Waals surface area (Å²) in [6.45, 7) is 2.00. The number of anilines is 1. The molecule has 0 heterocycles. The Balaban J connectivity index is 1.57. The molecule has 0 aliphatic carbocycles. The lowest BCUT2D eigenvalue weighted by Crippen LogP contribution is -2.17. The van der Waals surface area contributed by atoms with Crippen molar-refractivity contribution in [1.29, 1.82) is 0 Å². The van der Waals surface area contributed by atoms with Gasteiger partial charge in [0.05, 0.1) is 6.21 Å². The van der Waals surface area contributed by atoms with Crippen molar-refractivity contribution in [1.82, 2.24) is 5.43 Å². The van der Waals surface area contributed by atoms with E-state index in [0.29, 0.717) is 21.8 Å². The molecule has 5 nitrogen and oxygen atoms in total. The standard InChI is InChI=1S/C22H18ClN3O2/c1-15-2-4-16(5-3-15)14-24-26-22(28)18-8-12-20(13-9-18)25-21(27)17-6-10-19(23)11-7-17/h2-14H,1H3,(H,25,27)(H,26,28)/b24-14-. The number of amides is 2. The third-order valence-corrected chi connectivity index (χ3v) is 4.22. The first-order valence-electron chi connectivity index (χ1n) is 8.58. The van der Waals surface area contributed by atoms with Gasteiger partial charge in [-0.15, -0.1) is 0 Å². The molecule has 140 valence electrons. The van der Waals surface area contributed by atoms with E-state index >= 15 is 0 Å². The van der Waals surface area contributed by atoms with Crippen molar-refractivity contribution in [2.24, 2.45) is 5.10 Å². The van der Waals surface area contributed by atoms with E-state index < -0.39 is 0 Å². The molecule has 6 heteroatoms. The van der Waals surface area contributed by atoms with Crippen molar-refractivity contribution in [3.05, 3.63) is 100 Å². The zero-order chi connectivity index (χ0) is 19.9. The van der Waals surface area contributed by atoms with E-state index in [2.05, 4.69) is 15.8 Å². The van der Waals surface area contributed by atoms with Crippen molar-refractivity contribution in [3.8, 4) is 0 Å². The molecule has 3 aromatic carbocycles. The number of hydrogen-bond acceptors (Lipinski definition) is 3. The second-order valence-corrected chi connectivity index (χ2v) is 6.58. The van der Waals surface area contributed by atoms with Gasteiger partial charge in [-0.2, -0.15) is 5.10 Å². The van der Waals surface area contributed by atoms with Gasteiger partial charge in [-0.1, -0.05) is 41.4 Å². The predicted molar refractivity (Wildman–Crippen MR) is 112 cm³/mol. The zero-order valence-corrected chi connectivity index (χ0v) is 15.9. The van der Waals surface area contributed by atoms with Crippen LogP contribution in [-0.2, 0) is 0 Å². The van der Waals surface area contributed by atoms with Gasteiger partial charge in [0.15, 0.2) is 0 Å². The lowest BCUT2D eigenvalue weighted by Gasteiger charge is -2.06. The molecule has 0 aliphatic heterocycles. The van der Waals surface area contributed by atoms with Crippen LogP contribution >= 0.6 is 11.6 Å². The van der Waals surface area contributed by atoms with Gasteiger partial charge in [0.25, 0.3) is 11.8 Å². The summed E-state index contributed by atoms with van der Waals surface area (Å²) in [5.74, 6) is -0.587. The Morgan fingerprint density at radius 1 is 0.821 bits per heavy atom. The summed E-state index contributed by atoms with van der Waals surface area (Å²) in [5.41, 5.74) is 6.05. The Bertz CT molecular complexity index is 995. The SMILES string of the molecule is Cc1ccc(/C=N\NC(=O)c2ccc(NC(=O)c3ccc(Cl)cc3)cc2)cc1. The summed E-state index contributed by atoms with van der Waals surface area (Å²) in [4.78, 5) is 24.3. The number of aryl methyl sites for hydroxylation is 1. The zero-order valence-electron chi connectivity index (χ0n) is 15.1.